The molecule has 2 aromatic heterocycles. The minimum absolute atomic E-state index is 0.222. The van der Waals surface area contributed by atoms with E-state index in [1.807, 2.05) is 47.9 Å². The predicted molar refractivity (Wildman–Crippen MR) is 121 cm³/mol. The Morgan fingerprint density at radius 2 is 1.56 bits per heavy atom. The summed E-state index contributed by atoms with van der Waals surface area (Å²) >= 11 is 1.55. The third kappa shape index (κ3) is 3.52. The third-order valence-corrected chi connectivity index (χ3v) is 6.40. The Kier molecular flexibility index (Phi) is 5.36. The monoisotopic (exact) mass is 444 g/mol. The first-order valence-corrected chi connectivity index (χ1v) is 11.3. The molecule has 0 spiro atoms. The summed E-state index contributed by atoms with van der Waals surface area (Å²) in [5.41, 5.74) is 2.80. The number of aryl methyl sites for hydroxylation is 1. The van der Waals surface area contributed by atoms with Crippen LogP contribution in [0.4, 0.5) is 0 Å². The number of furan rings is 1. The lowest BCUT2D eigenvalue weighted by atomic mass is 10.1. The second kappa shape index (κ2) is 8.47. The summed E-state index contributed by atoms with van der Waals surface area (Å²) < 4.78 is 7.47. The summed E-state index contributed by atoms with van der Waals surface area (Å²) in [7, 11) is 0. The second-order valence-corrected chi connectivity index (χ2v) is 8.44. The Bertz CT molecular complexity index is 1260. The van der Waals surface area contributed by atoms with Crippen molar-refractivity contribution in [3.8, 4) is 17.1 Å². The molecule has 0 bridgehead atoms. The van der Waals surface area contributed by atoms with Crippen LogP contribution in [0.3, 0.4) is 0 Å². The van der Waals surface area contributed by atoms with Crippen molar-refractivity contribution in [2.24, 2.45) is 0 Å². The highest BCUT2D eigenvalue weighted by Gasteiger charge is 2.34. The number of hydrogen-bond donors (Lipinski definition) is 0. The van der Waals surface area contributed by atoms with Gasteiger partial charge in [0.15, 0.2) is 11.0 Å². The van der Waals surface area contributed by atoms with Crippen molar-refractivity contribution in [2.45, 2.75) is 18.5 Å². The average Bonchev–Trinajstić information content (AvgIpc) is 3.50. The number of nitrogens with zero attached hydrogens (tertiary/aromatic N) is 4. The Morgan fingerprint density at radius 1 is 0.875 bits per heavy atom. The summed E-state index contributed by atoms with van der Waals surface area (Å²) in [5, 5.41) is 9.57. The van der Waals surface area contributed by atoms with E-state index >= 15 is 0 Å². The molecule has 4 aromatic rings. The largest absolute Gasteiger partial charge is 0.469 e. The molecule has 160 valence electrons. The van der Waals surface area contributed by atoms with E-state index in [0.29, 0.717) is 35.7 Å². The third-order valence-electron chi connectivity index (χ3n) is 5.38. The van der Waals surface area contributed by atoms with Crippen LogP contribution in [0.25, 0.3) is 17.1 Å². The first-order valence-electron chi connectivity index (χ1n) is 10.3. The highest BCUT2D eigenvalue weighted by Crippen LogP contribution is 2.30. The van der Waals surface area contributed by atoms with E-state index in [1.165, 1.54) is 4.90 Å². The van der Waals surface area contributed by atoms with Gasteiger partial charge in [-0.05, 0) is 43.7 Å². The minimum Gasteiger partial charge on any atom is -0.469 e. The zero-order valence-corrected chi connectivity index (χ0v) is 18.2. The van der Waals surface area contributed by atoms with E-state index in [1.54, 1.807) is 42.3 Å². The van der Waals surface area contributed by atoms with E-state index in [9.17, 15) is 9.59 Å². The fourth-order valence-electron chi connectivity index (χ4n) is 3.79. The molecule has 0 saturated carbocycles. The van der Waals surface area contributed by atoms with Crippen molar-refractivity contribution in [2.75, 3.05) is 12.3 Å². The van der Waals surface area contributed by atoms with Crippen LogP contribution in [0.2, 0.25) is 0 Å². The topological polar surface area (TPSA) is 81.2 Å². The van der Waals surface area contributed by atoms with Crippen LogP contribution < -0.4 is 0 Å². The van der Waals surface area contributed by atoms with Gasteiger partial charge in [0.1, 0.15) is 5.76 Å². The normalized spacial score (nSPS) is 13.1. The van der Waals surface area contributed by atoms with Crippen LogP contribution >= 0.6 is 11.8 Å². The number of hydrogen-bond acceptors (Lipinski definition) is 6. The number of amides is 2. The van der Waals surface area contributed by atoms with Crippen molar-refractivity contribution < 1.29 is 14.0 Å². The first kappa shape index (κ1) is 20.3. The van der Waals surface area contributed by atoms with Crippen LogP contribution in [0.5, 0.6) is 0 Å². The fraction of sp³-hybridized carbons (Fsp3) is 0.167. The molecule has 0 atom stereocenters. The van der Waals surface area contributed by atoms with Gasteiger partial charge in [-0.3, -0.25) is 19.1 Å². The smallest absolute Gasteiger partial charge is 0.261 e. The lowest BCUT2D eigenvalue weighted by Gasteiger charge is -2.13. The van der Waals surface area contributed by atoms with Crippen LogP contribution in [0.15, 0.2) is 76.5 Å². The molecule has 0 N–H and O–H groups in total. The van der Waals surface area contributed by atoms with Crippen LogP contribution in [-0.4, -0.2) is 43.8 Å². The Morgan fingerprint density at radius 3 is 2.22 bits per heavy atom. The zero-order chi connectivity index (χ0) is 22.1. The Hall–Kier alpha value is -3.65. The van der Waals surface area contributed by atoms with Gasteiger partial charge >= 0.3 is 0 Å². The Labute approximate surface area is 189 Å². The summed E-state index contributed by atoms with van der Waals surface area (Å²) in [4.78, 5) is 26.4. The van der Waals surface area contributed by atoms with Crippen molar-refractivity contribution in [3.05, 3.63) is 83.8 Å². The quantitative estimate of drug-likeness (QED) is 0.235. The summed E-state index contributed by atoms with van der Waals surface area (Å²) in [5.74, 6) is 1.73. The number of benzene rings is 2. The van der Waals surface area contributed by atoms with E-state index in [0.717, 1.165) is 22.2 Å². The lowest BCUT2D eigenvalue weighted by Crippen LogP contribution is -2.31. The molecule has 2 aromatic carbocycles. The maximum atomic E-state index is 12.5. The molecule has 32 heavy (non-hydrogen) atoms. The second-order valence-electron chi connectivity index (χ2n) is 7.38. The van der Waals surface area contributed by atoms with E-state index in [4.69, 9.17) is 4.42 Å². The molecule has 0 radical (unpaired) electrons. The van der Waals surface area contributed by atoms with Crippen LogP contribution in [0, 0.1) is 6.92 Å². The summed E-state index contributed by atoms with van der Waals surface area (Å²) in [6, 6.07) is 18.8. The highest BCUT2D eigenvalue weighted by atomic mass is 32.2. The van der Waals surface area contributed by atoms with Crippen molar-refractivity contribution in [3.63, 3.8) is 0 Å². The van der Waals surface area contributed by atoms with Crippen molar-refractivity contribution >= 4 is 23.6 Å². The number of aromatic nitrogens is 3. The molecule has 0 unspecified atom stereocenters. The van der Waals surface area contributed by atoms with Gasteiger partial charge in [0, 0.05) is 18.0 Å². The number of rotatable bonds is 7. The van der Waals surface area contributed by atoms with Gasteiger partial charge in [0.05, 0.1) is 23.0 Å². The minimum atomic E-state index is -0.222. The fourth-order valence-corrected chi connectivity index (χ4v) is 4.67. The van der Waals surface area contributed by atoms with Crippen LogP contribution in [-0.2, 0) is 0 Å². The van der Waals surface area contributed by atoms with E-state index in [2.05, 4.69) is 10.2 Å². The zero-order valence-electron chi connectivity index (χ0n) is 17.4. The standard InChI is InChI=1S/C24H20N4O3S/c1-16-18(12-14-31-16)21-25-26-24(28(21)17-8-3-2-4-9-17)32-15-7-13-27-22(29)19-10-5-6-11-20(19)23(27)30/h2-6,8-12,14H,7,13,15H2,1H3. The SMILES string of the molecule is Cc1occc1-c1nnc(SCCCN2C(=O)c3ccccc3C2=O)n1-c1ccccc1. The Balaban J connectivity index is 1.32. The molecule has 2 amide bonds. The molecule has 1 aliphatic rings. The van der Waals surface area contributed by atoms with Gasteiger partial charge in [-0.1, -0.05) is 42.1 Å². The molecule has 3 heterocycles. The number of carbonyl (C=O) groups is 2. The van der Waals surface area contributed by atoms with Gasteiger partial charge in [0.2, 0.25) is 0 Å². The molecule has 7 nitrogen and oxygen atoms in total. The summed E-state index contributed by atoms with van der Waals surface area (Å²) in [6.45, 7) is 2.26. The maximum Gasteiger partial charge on any atom is 0.261 e. The number of imide groups is 1. The van der Waals surface area contributed by atoms with Gasteiger partial charge in [-0.25, -0.2) is 0 Å². The number of carbonyl (C=O) groups excluding carboxylic acids is 2. The van der Waals surface area contributed by atoms with E-state index in [-0.39, 0.29) is 11.8 Å². The van der Waals surface area contributed by atoms with Gasteiger partial charge < -0.3 is 4.42 Å². The van der Waals surface area contributed by atoms with Crippen molar-refractivity contribution in [1.29, 1.82) is 0 Å². The predicted octanol–water partition coefficient (Wildman–Crippen LogP) is 4.61. The van der Waals surface area contributed by atoms with Gasteiger partial charge in [-0.15, -0.1) is 10.2 Å². The van der Waals surface area contributed by atoms with Gasteiger partial charge in [-0.2, -0.15) is 0 Å². The maximum absolute atomic E-state index is 12.5. The molecule has 8 heteroatoms. The average molecular weight is 445 g/mol. The first-order chi connectivity index (χ1) is 15.6. The molecule has 1 aliphatic heterocycles. The number of para-hydroxylation sites is 1. The van der Waals surface area contributed by atoms with Crippen molar-refractivity contribution in [1.82, 2.24) is 19.7 Å². The van der Waals surface area contributed by atoms with Crippen LogP contribution in [0.1, 0.15) is 32.9 Å². The van der Waals surface area contributed by atoms with Gasteiger partial charge in [0.25, 0.3) is 11.8 Å². The molecule has 5 rings (SSSR count). The molecular weight excluding hydrogens is 424 g/mol. The lowest BCUT2D eigenvalue weighted by molar-refractivity contribution is 0.0655. The number of thioether (sulfide) groups is 1. The molecule has 0 saturated heterocycles. The molecular formula is C24H20N4O3S. The molecule has 0 aliphatic carbocycles. The highest BCUT2D eigenvalue weighted by molar-refractivity contribution is 7.99. The summed E-state index contributed by atoms with van der Waals surface area (Å²) in [6.07, 6.45) is 2.29. The number of fused-ring (bicyclic) bond motifs is 1. The van der Waals surface area contributed by atoms with E-state index < -0.39 is 0 Å². The molecule has 0 fully saturated rings.